The summed E-state index contributed by atoms with van der Waals surface area (Å²) in [4.78, 5) is 22.5. The van der Waals surface area contributed by atoms with Gasteiger partial charge < -0.3 is 19.9 Å². The van der Waals surface area contributed by atoms with Gasteiger partial charge in [-0.1, -0.05) is 44.6 Å². The molecule has 0 radical (unpaired) electrons. The number of unbranched alkanes of at least 4 members (excludes halogenated alkanes) is 7. The van der Waals surface area contributed by atoms with Gasteiger partial charge in [-0.15, -0.1) is 0 Å². The van der Waals surface area contributed by atoms with Crippen LogP contribution in [-0.4, -0.2) is 37.7 Å². The maximum Gasteiger partial charge on any atom is 0.303 e. The third kappa shape index (κ3) is 10.5. The van der Waals surface area contributed by atoms with Crippen molar-refractivity contribution in [3.05, 3.63) is 23.8 Å². The average molecular weight is 379 g/mol. The molecule has 1 aromatic carbocycles. The van der Waals surface area contributed by atoms with E-state index in [4.69, 9.17) is 14.6 Å². The normalized spacial score (nSPS) is 10.4. The van der Waals surface area contributed by atoms with Crippen LogP contribution in [0.2, 0.25) is 0 Å². The Labute approximate surface area is 162 Å². The van der Waals surface area contributed by atoms with Crippen molar-refractivity contribution in [3.63, 3.8) is 0 Å². The van der Waals surface area contributed by atoms with Gasteiger partial charge in [0.05, 0.1) is 20.6 Å². The third-order valence-electron chi connectivity index (χ3n) is 4.48. The van der Waals surface area contributed by atoms with Crippen LogP contribution >= 0.6 is 0 Å². The van der Waals surface area contributed by atoms with Gasteiger partial charge in [0.2, 0.25) is 5.91 Å². The lowest BCUT2D eigenvalue weighted by molar-refractivity contribution is -0.137. The summed E-state index contributed by atoms with van der Waals surface area (Å²) in [6.07, 6.45) is 9.01. The summed E-state index contributed by atoms with van der Waals surface area (Å²) in [5, 5.41) is 11.5. The van der Waals surface area contributed by atoms with Crippen LogP contribution in [0.4, 0.5) is 0 Å². The Bertz CT molecular complexity index is 574. The summed E-state index contributed by atoms with van der Waals surface area (Å²) in [5.74, 6) is 0.658. The quantitative estimate of drug-likeness (QED) is 0.451. The van der Waals surface area contributed by atoms with Crippen molar-refractivity contribution in [1.82, 2.24) is 5.32 Å². The van der Waals surface area contributed by atoms with E-state index in [1.807, 2.05) is 12.1 Å². The molecular weight excluding hydrogens is 346 g/mol. The van der Waals surface area contributed by atoms with E-state index in [1.165, 1.54) is 6.42 Å². The predicted molar refractivity (Wildman–Crippen MR) is 105 cm³/mol. The first kappa shape index (κ1) is 22.8. The van der Waals surface area contributed by atoms with Crippen molar-refractivity contribution in [2.45, 2.75) is 64.2 Å². The fraction of sp³-hybridized carbons (Fsp3) is 0.619. The lowest BCUT2D eigenvalue weighted by Crippen LogP contribution is -2.26. The Morgan fingerprint density at radius 2 is 1.56 bits per heavy atom. The zero-order chi connectivity index (χ0) is 19.9. The third-order valence-corrected chi connectivity index (χ3v) is 4.48. The van der Waals surface area contributed by atoms with Crippen LogP contribution in [0.5, 0.6) is 11.5 Å². The summed E-state index contributed by atoms with van der Waals surface area (Å²) in [6, 6.07) is 5.46. The molecule has 2 N–H and O–H groups in total. The Hall–Kier alpha value is -2.24. The Morgan fingerprint density at radius 3 is 2.15 bits per heavy atom. The van der Waals surface area contributed by atoms with Gasteiger partial charge in [0.15, 0.2) is 0 Å². The molecule has 152 valence electrons. The summed E-state index contributed by atoms with van der Waals surface area (Å²) in [7, 11) is 3.18. The monoisotopic (exact) mass is 379 g/mol. The molecule has 6 heteroatoms. The van der Waals surface area contributed by atoms with E-state index < -0.39 is 5.97 Å². The second kappa shape index (κ2) is 13.9. The lowest BCUT2D eigenvalue weighted by Gasteiger charge is -2.10. The van der Waals surface area contributed by atoms with Crippen LogP contribution in [0.3, 0.4) is 0 Å². The fourth-order valence-corrected chi connectivity index (χ4v) is 2.92. The van der Waals surface area contributed by atoms with Gasteiger partial charge in [0.1, 0.15) is 11.5 Å². The van der Waals surface area contributed by atoms with E-state index in [2.05, 4.69) is 5.32 Å². The molecule has 0 heterocycles. The molecule has 0 aliphatic heterocycles. The molecule has 0 fully saturated rings. The van der Waals surface area contributed by atoms with E-state index >= 15 is 0 Å². The Balaban J connectivity index is 2.07. The molecule has 1 amide bonds. The molecule has 0 unspecified atom stereocenters. The number of carbonyl (C=O) groups is 2. The van der Waals surface area contributed by atoms with Gasteiger partial charge in [-0.2, -0.15) is 0 Å². The first-order chi connectivity index (χ1) is 13.1. The van der Waals surface area contributed by atoms with Crippen LogP contribution in [0.25, 0.3) is 0 Å². The largest absolute Gasteiger partial charge is 0.497 e. The topological polar surface area (TPSA) is 84.9 Å². The minimum atomic E-state index is -0.706. The number of methoxy groups -OCH3 is 2. The van der Waals surface area contributed by atoms with E-state index in [0.717, 1.165) is 50.5 Å². The van der Waals surface area contributed by atoms with Crippen molar-refractivity contribution < 1.29 is 24.2 Å². The molecule has 0 atom stereocenters. The van der Waals surface area contributed by atoms with E-state index in [1.54, 1.807) is 20.3 Å². The zero-order valence-corrected chi connectivity index (χ0v) is 16.6. The van der Waals surface area contributed by atoms with E-state index in [9.17, 15) is 9.59 Å². The SMILES string of the molecule is COc1ccc(CC(=O)NCCCCCCCCCCC(=O)O)c(OC)c1. The highest BCUT2D eigenvalue weighted by Gasteiger charge is 2.09. The van der Waals surface area contributed by atoms with Gasteiger partial charge in [0.25, 0.3) is 0 Å². The van der Waals surface area contributed by atoms with Gasteiger partial charge in [-0.05, 0) is 18.9 Å². The van der Waals surface area contributed by atoms with Gasteiger partial charge in [0, 0.05) is 24.6 Å². The highest BCUT2D eigenvalue weighted by molar-refractivity contribution is 5.79. The van der Waals surface area contributed by atoms with Crippen molar-refractivity contribution in [1.29, 1.82) is 0 Å². The van der Waals surface area contributed by atoms with Crippen LogP contribution < -0.4 is 14.8 Å². The summed E-state index contributed by atoms with van der Waals surface area (Å²) < 4.78 is 10.5. The summed E-state index contributed by atoms with van der Waals surface area (Å²) >= 11 is 0. The number of carboxylic acids is 1. The Morgan fingerprint density at radius 1 is 0.926 bits per heavy atom. The maximum atomic E-state index is 12.1. The van der Waals surface area contributed by atoms with Crippen molar-refractivity contribution >= 4 is 11.9 Å². The van der Waals surface area contributed by atoms with E-state index in [0.29, 0.717) is 24.5 Å². The van der Waals surface area contributed by atoms with Crippen molar-refractivity contribution in [3.8, 4) is 11.5 Å². The molecule has 0 spiro atoms. The molecule has 1 aromatic rings. The highest BCUT2D eigenvalue weighted by atomic mass is 16.5. The number of amides is 1. The number of ether oxygens (including phenoxy) is 2. The molecule has 0 bridgehead atoms. The van der Waals surface area contributed by atoms with Gasteiger partial charge in [-0.3, -0.25) is 9.59 Å². The molecular formula is C21H33NO5. The van der Waals surface area contributed by atoms with Gasteiger partial charge >= 0.3 is 5.97 Å². The summed E-state index contributed by atoms with van der Waals surface area (Å²) in [6.45, 7) is 0.690. The van der Waals surface area contributed by atoms with Crippen LogP contribution in [0, 0.1) is 0 Å². The van der Waals surface area contributed by atoms with Crippen LogP contribution in [0.1, 0.15) is 63.4 Å². The minimum absolute atomic E-state index is 0.00287. The number of nitrogens with one attached hydrogen (secondary N) is 1. The number of carbonyl (C=O) groups excluding carboxylic acids is 1. The average Bonchev–Trinajstić information content (AvgIpc) is 2.66. The lowest BCUT2D eigenvalue weighted by atomic mass is 10.1. The van der Waals surface area contributed by atoms with Crippen molar-refractivity contribution in [2.24, 2.45) is 0 Å². The predicted octanol–water partition coefficient (Wildman–Crippen LogP) is 3.96. The fourth-order valence-electron chi connectivity index (χ4n) is 2.92. The molecule has 6 nitrogen and oxygen atoms in total. The maximum absolute atomic E-state index is 12.1. The smallest absolute Gasteiger partial charge is 0.303 e. The number of hydrogen-bond donors (Lipinski definition) is 2. The molecule has 0 saturated heterocycles. The van der Waals surface area contributed by atoms with Crippen LogP contribution in [0.15, 0.2) is 18.2 Å². The second-order valence-corrected chi connectivity index (χ2v) is 6.68. The molecule has 0 aromatic heterocycles. The van der Waals surface area contributed by atoms with Crippen molar-refractivity contribution in [2.75, 3.05) is 20.8 Å². The first-order valence-corrected chi connectivity index (χ1v) is 9.76. The standard InChI is InChI=1S/C21H33NO5/c1-26-18-13-12-17(19(16-18)27-2)15-20(23)22-14-10-8-6-4-3-5-7-9-11-21(24)25/h12-13,16H,3-11,14-15H2,1-2H3,(H,22,23)(H,24,25). The van der Waals surface area contributed by atoms with Crippen LogP contribution in [-0.2, 0) is 16.0 Å². The molecule has 1 rings (SSSR count). The molecule has 0 saturated carbocycles. The number of hydrogen-bond acceptors (Lipinski definition) is 4. The molecule has 0 aliphatic rings. The number of aliphatic carboxylic acids is 1. The second-order valence-electron chi connectivity index (χ2n) is 6.68. The summed E-state index contributed by atoms with van der Waals surface area (Å²) in [5.41, 5.74) is 0.846. The number of carboxylic acid groups (broad SMARTS) is 1. The Kier molecular flexibility index (Phi) is 11.7. The highest BCUT2D eigenvalue weighted by Crippen LogP contribution is 2.24. The van der Waals surface area contributed by atoms with Gasteiger partial charge in [-0.25, -0.2) is 0 Å². The number of rotatable bonds is 15. The minimum Gasteiger partial charge on any atom is -0.497 e. The number of benzene rings is 1. The van der Waals surface area contributed by atoms with E-state index in [-0.39, 0.29) is 12.3 Å². The molecule has 0 aliphatic carbocycles. The first-order valence-electron chi connectivity index (χ1n) is 9.76. The molecule has 27 heavy (non-hydrogen) atoms. The zero-order valence-electron chi connectivity index (χ0n) is 16.6.